The van der Waals surface area contributed by atoms with Crippen LogP contribution in [0.5, 0.6) is 0 Å². The second kappa shape index (κ2) is 9.85. The first kappa shape index (κ1) is 24.4. The standard InChI is InChI=1S/C24H30F3N5O2/c1-15(33)31(2)18-4-6-19(7-5-18)32-12-16(13-32)9-20(34)11-28-23-21-10-17(24(25,26)27)3-8-22(21)29-14-30-23/h3,8,10,14,16,18-19H,4-7,9,11-13H2,1-2H3,(H,28,29,30). The summed E-state index contributed by atoms with van der Waals surface area (Å²) in [7, 11) is 1.87. The highest BCUT2D eigenvalue weighted by Gasteiger charge is 2.36. The number of carbonyl (C=O) groups excluding carboxylic acids is 2. The van der Waals surface area contributed by atoms with Crippen molar-refractivity contribution in [3.63, 3.8) is 0 Å². The number of carbonyl (C=O) groups is 2. The number of Topliss-reactive ketones (excluding diaryl/α,β-unsaturated/α-hetero) is 1. The third kappa shape index (κ3) is 5.48. The Balaban J connectivity index is 1.24. The van der Waals surface area contributed by atoms with E-state index in [9.17, 15) is 22.8 Å². The summed E-state index contributed by atoms with van der Waals surface area (Å²) in [4.78, 5) is 36.4. The predicted octanol–water partition coefficient (Wildman–Crippen LogP) is 3.74. The van der Waals surface area contributed by atoms with Gasteiger partial charge in [0.05, 0.1) is 17.6 Å². The summed E-state index contributed by atoms with van der Waals surface area (Å²) in [5.41, 5.74) is -0.391. The zero-order valence-electron chi connectivity index (χ0n) is 19.4. The van der Waals surface area contributed by atoms with Crippen LogP contribution in [0.3, 0.4) is 0 Å². The fourth-order valence-corrected chi connectivity index (χ4v) is 5.06. The summed E-state index contributed by atoms with van der Waals surface area (Å²) in [6.45, 7) is 3.39. The average molecular weight is 478 g/mol. The molecule has 1 aliphatic carbocycles. The van der Waals surface area contributed by atoms with Crippen molar-refractivity contribution in [2.24, 2.45) is 5.92 Å². The van der Waals surface area contributed by atoms with Crippen molar-refractivity contribution in [3.8, 4) is 0 Å². The van der Waals surface area contributed by atoms with Gasteiger partial charge in [-0.05, 0) is 49.8 Å². The molecule has 2 fully saturated rings. The number of anilines is 1. The minimum absolute atomic E-state index is 0.00943. The first-order valence-electron chi connectivity index (χ1n) is 11.7. The summed E-state index contributed by atoms with van der Waals surface area (Å²) in [6.07, 6.45) is 1.38. The van der Waals surface area contributed by atoms with Crippen molar-refractivity contribution < 1.29 is 22.8 Å². The SMILES string of the molecule is CC(=O)N(C)C1CCC(N2CC(CC(=O)CNc3ncnc4ccc(C(F)(F)F)cc34)C2)CC1. The Morgan fingerprint density at radius 3 is 2.50 bits per heavy atom. The first-order chi connectivity index (χ1) is 16.1. The molecule has 2 aliphatic rings. The maximum atomic E-state index is 13.1. The molecule has 184 valence electrons. The first-order valence-corrected chi connectivity index (χ1v) is 11.7. The Morgan fingerprint density at radius 1 is 1.15 bits per heavy atom. The molecule has 4 rings (SSSR count). The van der Waals surface area contributed by atoms with Gasteiger partial charge in [-0.2, -0.15) is 13.2 Å². The van der Waals surface area contributed by atoms with Crippen LogP contribution in [0.4, 0.5) is 19.0 Å². The lowest BCUT2D eigenvalue weighted by Crippen LogP contribution is -2.54. The van der Waals surface area contributed by atoms with Gasteiger partial charge in [-0.3, -0.25) is 14.5 Å². The number of benzene rings is 1. The highest BCUT2D eigenvalue weighted by Crippen LogP contribution is 2.33. The molecule has 34 heavy (non-hydrogen) atoms. The fourth-order valence-electron chi connectivity index (χ4n) is 5.06. The molecule has 1 saturated carbocycles. The number of likely N-dealkylation sites (tertiary alicyclic amines) is 1. The maximum absolute atomic E-state index is 13.1. The second-order valence-electron chi connectivity index (χ2n) is 9.46. The molecule has 1 aliphatic heterocycles. The molecule has 1 N–H and O–H groups in total. The van der Waals surface area contributed by atoms with Gasteiger partial charge in [-0.15, -0.1) is 0 Å². The lowest BCUT2D eigenvalue weighted by molar-refractivity contribution is -0.137. The zero-order chi connectivity index (χ0) is 24.5. The van der Waals surface area contributed by atoms with Crippen LogP contribution in [0, 0.1) is 5.92 Å². The zero-order valence-corrected chi connectivity index (χ0v) is 19.4. The molecule has 0 radical (unpaired) electrons. The molecule has 0 bridgehead atoms. The molecule has 1 aromatic heterocycles. The minimum atomic E-state index is -4.46. The molecule has 0 unspecified atom stereocenters. The number of rotatable bonds is 7. The Bertz CT molecular complexity index is 1050. The van der Waals surface area contributed by atoms with Crippen LogP contribution in [-0.2, 0) is 15.8 Å². The van der Waals surface area contributed by atoms with E-state index < -0.39 is 11.7 Å². The molecule has 1 aromatic carbocycles. The summed E-state index contributed by atoms with van der Waals surface area (Å²) in [5.74, 6) is 0.642. The van der Waals surface area contributed by atoms with Gasteiger partial charge in [-0.1, -0.05) is 0 Å². The minimum Gasteiger partial charge on any atom is -0.362 e. The maximum Gasteiger partial charge on any atom is 0.416 e. The number of aromatic nitrogens is 2. The topological polar surface area (TPSA) is 78.4 Å². The van der Waals surface area contributed by atoms with Gasteiger partial charge in [0, 0.05) is 51.0 Å². The van der Waals surface area contributed by atoms with Gasteiger partial charge >= 0.3 is 6.18 Å². The van der Waals surface area contributed by atoms with E-state index >= 15 is 0 Å². The number of halogens is 3. The summed E-state index contributed by atoms with van der Waals surface area (Å²) >= 11 is 0. The van der Waals surface area contributed by atoms with Crippen molar-refractivity contribution >= 4 is 28.4 Å². The van der Waals surface area contributed by atoms with Gasteiger partial charge in [0.25, 0.3) is 0 Å². The smallest absolute Gasteiger partial charge is 0.362 e. The fraction of sp³-hybridized carbons (Fsp3) is 0.583. The van der Waals surface area contributed by atoms with E-state index in [1.54, 1.807) is 6.92 Å². The van der Waals surface area contributed by atoms with Gasteiger partial charge in [-0.25, -0.2) is 9.97 Å². The summed E-state index contributed by atoms with van der Waals surface area (Å²) < 4.78 is 39.2. The molecule has 0 spiro atoms. The number of nitrogens with one attached hydrogen (secondary N) is 1. The van der Waals surface area contributed by atoms with E-state index in [4.69, 9.17) is 0 Å². The number of nitrogens with zero attached hydrogens (tertiary/aromatic N) is 4. The van der Waals surface area contributed by atoms with Gasteiger partial charge in [0.1, 0.15) is 12.1 Å². The number of alkyl halides is 3. The van der Waals surface area contributed by atoms with E-state index in [1.165, 1.54) is 12.4 Å². The van der Waals surface area contributed by atoms with Crippen molar-refractivity contribution in [1.29, 1.82) is 0 Å². The van der Waals surface area contributed by atoms with E-state index in [1.807, 2.05) is 11.9 Å². The third-order valence-electron chi connectivity index (χ3n) is 7.14. The monoisotopic (exact) mass is 477 g/mol. The molecule has 2 heterocycles. The molecule has 10 heteroatoms. The Labute approximate surface area is 196 Å². The lowest BCUT2D eigenvalue weighted by atomic mass is 9.85. The largest absolute Gasteiger partial charge is 0.416 e. The average Bonchev–Trinajstić information content (AvgIpc) is 2.78. The van der Waals surface area contributed by atoms with Gasteiger partial charge < -0.3 is 10.2 Å². The van der Waals surface area contributed by atoms with E-state index in [0.29, 0.717) is 29.9 Å². The van der Waals surface area contributed by atoms with Crippen molar-refractivity contribution in [2.75, 3.05) is 32.0 Å². The molecular formula is C24H30F3N5O2. The summed E-state index contributed by atoms with van der Waals surface area (Å²) in [6, 6.07) is 4.14. The van der Waals surface area contributed by atoms with Crippen molar-refractivity contribution in [3.05, 3.63) is 30.1 Å². The number of hydrogen-bond acceptors (Lipinski definition) is 6. The van der Waals surface area contributed by atoms with Crippen LogP contribution in [0.1, 0.15) is 44.6 Å². The Morgan fingerprint density at radius 2 is 1.85 bits per heavy atom. The molecule has 1 amide bonds. The normalized spacial score (nSPS) is 21.8. The van der Waals surface area contributed by atoms with Crippen molar-refractivity contribution in [2.45, 2.75) is 57.3 Å². The van der Waals surface area contributed by atoms with E-state index in [0.717, 1.165) is 50.9 Å². The molecule has 7 nitrogen and oxygen atoms in total. The lowest BCUT2D eigenvalue weighted by Gasteiger charge is -2.47. The van der Waals surface area contributed by atoms with Crippen LogP contribution in [0.2, 0.25) is 0 Å². The van der Waals surface area contributed by atoms with Crippen LogP contribution in [-0.4, -0.2) is 70.2 Å². The van der Waals surface area contributed by atoms with Crippen LogP contribution in [0.25, 0.3) is 10.9 Å². The highest BCUT2D eigenvalue weighted by atomic mass is 19.4. The number of ketones is 1. The van der Waals surface area contributed by atoms with Gasteiger partial charge in [0.15, 0.2) is 5.78 Å². The Hall–Kier alpha value is -2.75. The second-order valence-corrected chi connectivity index (χ2v) is 9.46. The van der Waals surface area contributed by atoms with Crippen LogP contribution < -0.4 is 5.32 Å². The van der Waals surface area contributed by atoms with Crippen LogP contribution >= 0.6 is 0 Å². The van der Waals surface area contributed by atoms with E-state index in [2.05, 4.69) is 20.2 Å². The number of fused-ring (bicyclic) bond motifs is 1. The van der Waals surface area contributed by atoms with Crippen LogP contribution in [0.15, 0.2) is 24.5 Å². The predicted molar refractivity (Wildman–Crippen MR) is 122 cm³/mol. The van der Waals surface area contributed by atoms with E-state index in [-0.39, 0.29) is 29.4 Å². The number of amides is 1. The quantitative estimate of drug-likeness (QED) is 0.655. The summed E-state index contributed by atoms with van der Waals surface area (Å²) in [5, 5.41) is 3.15. The van der Waals surface area contributed by atoms with Gasteiger partial charge in [0.2, 0.25) is 5.91 Å². The number of hydrogen-bond donors (Lipinski definition) is 1. The Kier molecular flexibility index (Phi) is 7.06. The highest BCUT2D eigenvalue weighted by molar-refractivity contribution is 5.91. The molecule has 1 saturated heterocycles. The van der Waals surface area contributed by atoms with Crippen molar-refractivity contribution in [1.82, 2.24) is 19.8 Å². The molecule has 2 aromatic rings. The molecule has 0 atom stereocenters. The molecular weight excluding hydrogens is 447 g/mol. The third-order valence-corrected chi connectivity index (χ3v) is 7.14.